The van der Waals surface area contributed by atoms with Gasteiger partial charge in [0.05, 0.1) is 6.04 Å². The third-order valence-corrected chi connectivity index (χ3v) is 3.73. The summed E-state index contributed by atoms with van der Waals surface area (Å²) < 4.78 is 42.5. The molecule has 3 heterocycles. The molecule has 0 unspecified atom stereocenters. The third-order valence-electron chi connectivity index (χ3n) is 3.73. The van der Waals surface area contributed by atoms with E-state index in [-0.39, 0.29) is 17.8 Å². The normalized spacial score (nSPS) is 19.9. The second-order valence-corrected chi connectivity index (χ2v) is 5.55. The molecule has 1 fully saturated rings. The number of rotatable bonds is 4. The maximum absolute atomic E-state index is 12.4. The average molecular weight is 327 g/mol. The molecule has 1 aliphatic heterocycles. The number of piperidine rings is 1. The molecule has 0 N–H and O–H groups in total. The van der Waals surface area contributed by atoms with E-state index in [1.807, 2.05) is 0 Å². The summed E-state index contributed by atoms with van der Waals surface area (Å²) in [4.78, 5) is 10.1. The first-order valence-electron chi connectivity index (χ1n) is 7.38. The van der Waals surface area contributed by atoms with Gasteiger partial charge in [0.2, 0.25) is 11.8 Å². The van der Waals surface area contributed by atoms with Gasteiger partial charge < -0.3 is 4.42 Å². The summed E-state index contributed by atoms with van der Waals surface area (Å²) >= 11 is 0. The molecule has 1 atom stereocenters. The number of nitrogens with zero attached hydrogens (tertiary/aromatic N) is 5. The van der Waals surface area contributed by atoms with Crippen LogP contribution < -0.4 is 0 Å². The Morgan fingerprint density at radius 2 is 1.96 bits per heavy atom. The molecule has 2 aromatic rings. The van der Waals surface area contributed by atoms with Crippen molar-refractivity contribution in [2.75, 3.05) is 6.54 Å². The Morgan fingerprint density at radius 3 is 2.70 bits per heavy atom. The highest BCUT2D eigenvalue weighted by Crippen LogP contribution is 2.32. The lowest BCUT2D eigenvalue weighted by atomic mass is 10.0. The minimum Gasteiger partial charge on any atom is -0.423 e. The van der Waals surface area contributed by atoms with Crippen LogP contribution in [-0.4, -0.2) is 37.8 Å². The molecule has 1 aliphatic rings. The predicted molar refractivity (Wildman–Crippen MR) is 73.1 cm³/mol. The zero-order chi connectivity index (χ0) is 16.3. The Labute approximate surface area is 130 Å². The largest absolute Gasteiger partial charge is 0.423 e. The van der Waals surface area contributed by atoms with Crippen LogP contribution in [-0.2, 0) is 13.0 Å². The molecular formula is C14H16F3N5O. The van der Waals surface area contributed by atoms with E-state index in [1.165, 1.54) is 6.33 Å². The lowest BCUT2D eigenvalue weighted by Gasteiger charge is -2.33. The van der Waals surface area contributed by atoms with Crippen molar-refractivity contribution in [1.82, 2.24) is 25.1 Å². The lowest BCUT2D eigenvalue weighted by Crippen LogP contribution is -2.33. The van der Waals surface area contributed by atoms with E-state index in [0.717, 1.165) is 31.4 Å². The zero-order valence-electron chi connectivity index (χ0n) is 12.3. The van der Waals surface area contributed by atoms with Gasteiger partial charge in [-0.3, -0.25) is 4.90 Å². The maximum Gasteiger partial charge on any atom is 0.397 e. The van der Waals surface area contributed by atoms with Gasteiger partial charge in [-0.05, 0) is 19.4 Å². The van der Waals surface area contributed by atoms with E-state index in [2.05, 4.69) is 25.1 Å². The Hall–Kier alpha value is -2.03. The quantitative estimate of drug-likeness (QED) is 0.860. The Bertz CT molecular complexity index is 631. The Kier molecular flexibility index (Phi) is 4.56. The summed E-state index contributed by atoms with van der Waals surface area (Å²) in [7, 11) is 0. The van der Waals surface area contributed by atoms with Crippen molar-refractivity contribution in [2.45, 2.75) is 44.4 Å². The van der Waals surface area contributed by atoms with Crippen molar-refractivity contribution < 1.29 is 17.6 Å². The van der Waals surface area contributed by atoms with Crippen molar-refractivity contribution in [3.05, 3.63) is 36.1 Å². The van der Waals surface area contributed by atoms with Crippen LogP contribution in [0.4, 0.5) is 13.2 Å². The lowest BCUT2D eigenvalue weighted by molar-refractivity contribution is -0.131. The van der Waals surface area contributed by atoms with Crippen LogP contribution in [0.2, 0.25) is 0 Å². The second-order valence-electron chi connectivity index (χ2n) is 5.55. The molecule has 0 aliphatic carbocycles. The molecule has 9 heteroatoms. The van der Waals surface area contributed by atoms with Gasteiger partial charge in [-0.15, -0.1) is 10.2 Å². The molecule has 0 saturated carbocycles. The molecule has 3 rings (SSSR count). The predicted octanol–water partition coefficient (Wildman–Crippen LogP) is 2.69. The van der Waals surface area contributed by atoms with Crippen molar-refractivity contribution in [1.29, 1.82) is 0 Å². The van der Waals surface area contributed by atoms with E-state index >= 15 is 0 Å². The summed E-state index contributed by atoms with van der Waals surface area (Å²) in [5, 5.41) is 7.36. The molecule has 2 aromatic heterocycles. The SMILES string of the molecule is FC(F)(F)Cc1nnc([C@@H]2CCCCN2Cc2cncnc2)o1. The molecule has 124 valence electrons. The van der Waals surface area contributed by atoms with Crippen molar-refractivity contribution in [3.63, 3.8) is 0 Å². The molecule has 0 spiro atoms. The van der Waals surface area contributed by atoms with Crippen molar-refractivity contribution in [2.24, 2.45) is 0 Å². The monoisotopic (exact) mass is 327 g/mol. The van der Waals surface area contributed by atoms with Crippen LogP contribution in [0.15, 0.2) is 23.1 Å². The van der Waals surface area contributed by atoms with Gasteiger partial charge in [-0.1, -0.05) is 6.42 Å². The highest BCUT2D eigenvalue weighted by molar-refractivity contribution is 5.04. The minimum absolute atomic E-state index is 0.168. The first-order chi connectivity index (χ1) is 11.0. The fourth-order valence-corrected chi connectivity index (χ4v) is 2.75. The summed E-state index contributed by atoms with van der Waals surface area (Å²) in [6.45, 7) is 1.42. The van der Waals surface area contributed by atoms with Gasteiger partial charge in [0.25, 0.3) is 0 Å². The average Bonchev–Trinajstić information content (AvgIpc) is 2.95. The maximum atomic E-state index is 12.4. The van der Waals surface area contributed by atoms with Crippen LogP contribution >= 0.6 is 0 Å². The Morgan fingerprint density at radius 1 is 1.17 bits per heavy atom. The first-order valence-corrected chi connectivity index (χ1v) is 7.38. The number of hydrogen-bond acceptors (Lipinski definition) is 6. The fraction of sp³-hybridized carbons (Fsp3) is 0.571. The molecule has 0 amide bonds. The summed E-state index contributed by atoms with van der Waals surface area (Å²) in [5.74, 6) is -0.137. The number of alkyl halides is 3. The summed E-state index contributed by atoms with van der Waals surface area (Å²) in [6, 6.07) is -0.168. The highest BCUT2D eigenvalue weighted by Gasteiger charge is 2.33. The topological polar surface area (TPSA) is 67.9 Å². The molecular weight excluding hydrogens is 311 g/mol. The standard InChI is InChI=1S/C14H16F3N5O/c15-14(16,17)5-12-20-21-13(23-12)11-3-1-2-4-22(11)8-10-6-18-9-19-7-10/h6-7,9,11H,1-5,8H2/t11-/m0/s1. The van der Waals surface area contributed by atoms with Crippen LogP contribution in [0.1, 0.15) is 42.6 Å². The number of halogens is 3. The van der Waals surface area contributed by atoms with Gasteiger partial charge in [-0.25, -0.2) is 9.97 Å². The van der Waals surface area contributed by atoms with Gasteiger partial charge >= 0.3 is 6.18 Å². The smallest absolute Gasteiger partial charge is 0.397 e. The third kappa shape index (κ3) is 4.25. The van der Waals surface area contributed by atoms with E-state index in [9.17, 15) is 13.2 Å². The van der Waals surface area contributed by atoms with Gasteiger partial charge in [0, 0.05) is 24.5 Å². The first kappa shape index (κ1) is 15.9. The van der Waals surface area contributed by atoms with E-state index < -0.39 is 12.6 Å². The highest BCUT2D eigenvalue weighted by atomic mass is 19.4. The van der Waals surface area contributed by atoms with Crippen molar-refractivity contribution >= 4 is 0 Å². The molecule has 1 saturated heterocycles. The second kappa shape index (κ2) is 6.61. The van der Waals surface area contributed by atoms with Crippen LogP contribution in [0.3, 0.4) is 0 Å². The number of likely N-dealkylation sites (tertiary alicyclic amines) is 1. The molecule has 0 aromatic carbocycles. The van der Waals surface area contributed by atoms with Gasteiger partial charge in [0.15, 0.2) is 0 Å². The molecule has 6 nitrogen and oxygen atoms in total. The molecule has 0 bridgehead atoms. The molecule has 23 heavy (non-hydrogen) atoms. The van der Waals surface area contributed by atoms with E-state index in [0.29, 0.717) is 6.54 Å². The minimum atomic E-state index is -4.35. The van der Waals surface area contributed by atoms with Crippen molar-refractivity contribution in [3.8, 4) is 0 Å². The van der Waals surface area contributed by atoms with E-state index in [1.54, 1.807) is 12.4 Å². The number of hydrogen-bond donors (Lipinski definition) is 0. The fourth-order valence-electron chi connectivity index (χ4n) is 2.75. The number of aromatic nitrogens is 4. The van der Waals surface area contributed by atoms with Crippen LogP contribution in [0, 0.1) is 0 Å². The van der Waals surface area contributed by atoms with Crippen LogP contribution in [0.25, 0.3) is 0 Å². The zero-order valence-corrected chi connectivity index (χ0v) is 12.3. The Balaban J connectivity index is 1.73. The van der Waals surface area contributed by atoms with Gasteiger partial charge in [0.1, 0.15) is 12.7 Å². The van der Waals surface area contributed by atoms with E-state index in [4.69, 9.17) is 4.42 Å². The van der Waals surface area contributed by atoms with Gasteiger partial charge in [-0.2, -0.15) is 13.2 Å². The summed E-state index contributed by atoms with van der Waals surface area (Å²) in [5.41, 5.74) is 0.939. The summed E-state index contributed by atoms with van der Waals surface area (Å²) in [6.07, 6.45) is 2.14. The molecule has 0 radical (unpaired) electrons. The van der Waals surface area contributed by atoms with Crippen LogP contribution in [0.5, 0.6) is 0 Å².